The summed E-state index contributed by atoms with van der Waals surface area (Å²) >= 11 is 6.44. The van der Waals surface area contributed by atoms with Crippen molar-refractivity contribution < 1.29 is 9.21 Å². The van der Waals surface area contributed by atoms with E-state index >= 15 is 0 Å². The third kappa shape index (κ3) is 2.75. The largest absolute Gasteiger partial charge is 0.466 e. The summed E-state index contributed by atoms with van der Waals surface area (Å²) in [5.74, 6) is 1.56. The van der Waals surface area contributed by atoms with Crippen molar-refractivity contribution in [2.75, 3.05) is 6.54 Å². The number of amides is 1. The number of hydrogen-bond acceptors (Lipinski definition) is 3. The van der Waals surface area contributed by atoms with Crippen molar-refractivity contribution in [1.29, 1.82) is 0 Å². The van der Waals surface area contributed by atoms with E-state index in [0.29, 0.717) is 5.15 Å². The van der Waals surface area contributed by atoms with Gasteiger partial charge in [0.1, 0.15) is 16.7 Å². The Balaban J connectivity index is 1.90. The zero-order valence-corrected chi connectivity index (χ0v) is 15.6. The first-order valence-corrected chi connectivity index (χ1v) is 8.75. The summed E-state index contributed by atoms with van der Waals surface area (Å²) in [5.41, 5.74) is 2.85. The minimum atomic E-state index is -0.223. The van der Waals surface area contributed by atoms with Gasteiger partial charge in [0.25, 0.3) is 0 Å². The lowest BCUT2D eigenvalue weighted by Crippen LogP contribution is -2.34. The fraction of sp³-hybridized carbons (Fsp3) is 0.556. The minimum Gasteiger partial charge on any atom is -0.466 e. The highest BCUT2D eigenvalue weighted by molar-refractivity contribution is 6.30. The van der Waals surface area contributed by atoms with Crippen LogP contribution < -0.4 is 0 Å². The molecule has 1 saturated heterocycles. The molecule has 130 valence electrons. The van der Waals surface area contributed by atoms with Crippen LogP contribution in [0.5, 0.6) is 0 Å². The number of aryl methyl sites for hydroxylation is 4. The van der Waals surface area contributed by atoms with Crippen molar-refractivity contribution in [2.45, 2.75) is 52.5 Å². The van der Waals surface area contributed by atoms with Crippen LogP contribution in [0.2, 0.25) is 5.15 Å². The summed E-state index contributed by atoms with van der Waals surface area (Å²) in [6, 6.07) is 1.97. The third-order valence-electron chi connectivity index (χ3n) is 4.98. The summed E-state index contributed by atoms with van der Waals surface area (Å²) < 4.78 is 7.28. The minimum absolute atomic E-state index is 0.00875. The third-order valence-corrected chi connectivity index (χ3v) is 5.43. The predicted octanol–water partition coefficient (Wildman–Crippen LogP) is 4.06. The Morgan fingerprint density at radius 3 is 2.67 bits per heavy atom. The van der Waals surface area contributed by atoms with Gasteiger partial charge in [0, 0.05) is 24.7 Å². The van der Waals surface area contributed by atoms with Gasteiger partial charge in [-0.05, 0) is 46.6 Å². The molecule has 0 aromatic carbocycles. The molecule has 1 aliphatic rings. The van der Waals surface area contributed by atoms with E-state index in [9.17, 15) is 4.79 Å². The van der Waals surface area contributed by atoms with Crippen LogP contribution in [-0.4, -0.2) is 27.1 Å². The number of aromatic nitrogens is 2. The van der Waals surface area contributed by atoms with Crippen molar-refractivity contribution in [3.05, 3.63) is 39.6 Å². The van der Waals surface area contributed by atoms with E-state index in [2.05, 4.69) is 5.10 Å². The number of halogens is 1. The van der Waals surface area contributed by atoms with Crippen LogP contribution in [0.1, 0.15) is 60.1 Å². The maximum Gasteiger partial charge on any atom is 0.230 e. The summed E-state index contributed by atoms with van der Waals surface area (Å²) in [6.45, 7) is 8.48. The standard InChI is InChI=1S/C18H24ClN3O2/c1-10-9-14(13(4)24-10)11(2)18(23)22-8-6-7-15(22)16-12(3)20-21(5)17(16)19/h9,11,15H,6-8H2,1-5H3/t11-,15+/m1/s1. The Bertz CT molecular complexity index is 778. The first-order valence-electron chi connectivity index (χ1n) is 8.37. The topological polar surface area (TPSA) is 51.3 Å². The van der Waals surface area contributed by atoms with Gasteiger partial charge in [0.2, 0.25) is 5.91 Å². The maximum atomic E-state index is 13.1. The van der Waals surface area contributed by atoms with Gasteiger partial charge in [-0.25, -0.2) is 0 Å². The number of nitrogens with zero attached hydrogens (tertiary/aromatic N) is 3. The highest BCUT2D eigenvalue weighted by Crippen LogP contribution is 2.39. The van der Waals surface area contributed by atoms with E-state index < -0.39 is 0 Å². The van der Waals surface area contributed by atoms with Gasteiger partial charge < -0.3 is 9.32 Å². The molecule has 2 aromatic rings. The zero-order valence-electron chi connectivity index (χ0n) is 14.9. The molecule has 3 heterocycles. The molecule has 2 aromatic heterocycles. The Morgan fingerprint density at radius 2 is 2.12 bits per heavy atom. The Hall–Kier alpha value is -1.75. The summed E-state index contributed by atoms with van der Waals surface area (Å²) in [4.78, 5) is 15.1. The maximum absolute atomic E-state index is 13.1. The summed E-state index contributed by atoms with van der Waals surface area (Å²) in [5, 5.41) is 5.03. The number of likely N-dealkylation sites (tertiary alicyclic amines) is 1. The Morgan fingerprint density at radius 1 is 1.42 bits per heavy atom. The van der Waals surface area contributed by atoms with Gasteiger partial charge in [0.15, 0.2) is 0 Å². The Kier molecular flexibility index (Phi) is 4.47. The zero-order chi connectivity index (χ0) is 17.6. The van der Waals surface area contributed by atoms with Crippen molar-refractivity contribution in [2.24, 2.45) is 7.05 Å². The molecule has 0 bridgehead atoms. The molecule has 1 amide bonds. The molecule has 0 saturated carbocycles. The second kappa shape index (κ2) is 6.28. The molecule has 3 rings (SSSR count). The van der Waals surface area contributed by atoms with E-state index in [1.54, 1.807) is 4.68 Å². The molecule has 6 heteroatoms. The van der Waals surface area contributed by atoms with E-state index in [4.69, 9.17) is 16.0 Å². The van der Waals surface area contributed by atoms with Crippen LogP contribution >= 0.6 is 11.6 Å². The van der Waals surface area contributed by atoms with E-state index in [1.165, 1.54) is 0 Å². The van der Waals surface area contributed by atoms with Crippen molar-refractivity contribution in [3.63, 3.8) is 0 Å². The molecule has 1 fully saturated rings. The fourth-order valence-corrected chi connectivity index (χ4v) is 4.12. The average molecular weight is 350 g/mol. The lowest BCUT2D eigenvalue weighted by atomic mass is 9.98. The van der Waals surface area contributed by atoms with Crippen LogP contribution in [0.3, 0.4) is 0 Å². The lowest BCUT2D eigenvalue weighted by Gasteiger charge is -2.27. The van der Waals surface area contributed by atoms with E-state index in [0.717, 1.165) is 47.7 Å². The first kappa shape index (κ1) is 17.1. The van der Waals surface area contributed by atoms with Gasteiger partial charge in [-0.15, -0.1) is 0 Å². The van der Waals surface area contributed by atoms with E-state index in [-0.39, 0.29) is 17.9 Å². The number of carbonyl (C=O) groups excluding carboxylic acids is 1. The fourth-order valence-electron chi connectivity index (χ4n) is 3.82. The predicted molar refractivity (Wildman–Crippen MR) is 93.2 cm³/mol. The second-order valence-corrected chi connectivity index (χ2v) is 7.05. The van der Waals surface area contributed by atoms with Crippen molar-refractivity contribution >= 4 is 17.5 Å². The van der Waals surface area contributed by atoms with Crippen molar-refractivity contribution in [1.82, 2.24) is 14.7 Å². The average Bonchev–Trinajstić information content (AvgIpc) is 3.17. The van der Waals surface area contributed by atoms with Gasteiger partial charge >= 0.3 is 0 Å². The monoisotopic (exact) mass is 349 g/mol. The molecule has 0 unspecified atom stereocenters. The van der Waals surface area contributed by atoms with Gasteiger partial charge in [-0.2, -0.15) is 5.10 Å². The number of furan rings is 1. The van der Waals surface area contributed by atoms with E-state index in [1.807, 2.05) is 45.7 Å². The second-order valence-electron chi connectivity index (χ2n) is 6.69. The molecule has 0 aliphatic carbocycles. The quantitative estimate of drug-likeness (QED) is 0.839. The van der Waals surface area contributed by atoms with Crippen LogP contribution in [-0.2, 0) is 11.8 Å². The number of carbonyl (C=O) groups is 1. The molecule has 0 spiro atoms. The molecule has 0 N–H and O–H groups in total. The lowest BCUT2D eigenvalue weighted by molar-refractivity contribution is -0.133. The highest BCUT2D eigenvalue weighted by atomic mass is 35.5. The summed E-state index contributed by atoms with van der Waals surface area (Å²) in [7, 11) is 1.83. The Labute approximate surface area is 147 Å². The van der Waals surface area contributed by atoms with Crippen LogP contribution in [0.4, 0.5) is 0 Å². The molecule has 0 radical (unpaired) electrons. The molecule has 5 nitrogen and oxygen atoms in total. The first-order chi connectivity index (χ1) is 11.3. The normalized spacial score (nSPS) is 19.1. The number of hydrogen-bond donors (Lipinski definition) is 0. The van der Waals surface area contributed by atoms with Crippen LogP contribution in [0.15, 0.2) is 10.5 Å². The van der Waals surface area contributed by atoms with Crippen molar-refractivity contribution in [3.8, 4) is 0 Å². The molecule has 24 heavy (non-hydrogen) atoms. The van der Waals surface area contributed by atoms with Gasteiger partial charge in [0.05, 0.1) is 17.7 Å². The highest BCUT2D eigenvalue weighted by Gasteiger charge is 2.36. The summed E-state index contributed by atoms with van der Waals surface area (Å²) in [6.07, 6.45) is 1.91. The SMILES string of the molecule is Cc1cc([C@@H](C)C(=O)N2CCC[C@H]2c2c(C)nn(C)c2Cl)c(C)o1. The number of rotatable bonds is 3. The molecule has 1 aliphatic heterocycles. The van der Waals surface area contributed by atoms with Crippen LogP contribution in [0, 0.1) is 20.8 Å². The molecule has 2 atom stereocenters. The molecular weight excluding hydrogens is 326 g/mol. The van der Waals surface area contributed by atoms with Gasteiger partial charge in [-0.1, -0.05) is 11.6 Å². The van der Waals surface area contributed by atoms with Gasteiger partial charge in [-0.3, -0.25) is 9.48 Å². The molecular formula is C18H24ClN3O2. The smallest absolute Gasteiger partial charge is 0.230 e. The van der Waals surface area contributed by atoms with Crippen LogP contribution in [0.25, 0.3) is 0 Å².